The van der Waals surface area contributed by atoms with Crippen molar-refractivity contribution in [3.63, 3.8) is 0 Å². The van der Waals surface area contributed by atoms with E-state index in [1.807, 2.05) is 18.2 Å². The van der Waals surface area contributed by atoms with Gasteiger partial charge in [0, 0.05) is 13.1 Å². The highest BCUT2D eigenvalue weighted by Gasteiger charge is 2.11. The van der Waals surface area contributed by atoms with Gasteiger partial charge in [-0.2, -0.15) is 10.4 Å². The molecule has 80 valence electrons. The fourth-order valence-corrected chi connectivity index (χ4v) is 2.63. The zero-order chi connectivity index (χ0) is 11.7. The van der Waals surface area contributed by atoms with Crippen LogP contribution in [0.3, 0.4) is 0 Å². The summed E-state index contributed by atoms with van der Waals surface area (Å²) in [6, 6.07) is 7.03. The van der Waals surface area contributed by atoms with E-state index in [1.165, 1.54) is 22.1 Å². The quantitative estimate of drug-likeness (QED) is 0.810. The number of thiophene rings is 1. The fourth-order valence-electron chi connectivity index (χ4n) is 1.25. The summed E-state index contributed by atoms with van der Waals surface area (Å²) in [5, 5.41) is 13.1. The van der Waals surface area contributed by atoms with Crippen LogP contribution in [0.1, 0.15) is 5.56 Å². The van der Waals surface area contributed by atoms with Crippen molar-refractivity contribution in [3.05, 3.63) is 37.9 Å². The minimum Gasteiger partial charge on any atom is -0.268 e. The second-order valence-electron chi connectivity index (χ2n) is 3.08. The van der Waals surface area contributed by atoms with Gasteiger partial charge in [-0.1, -0.05) is 0 Å². The molecule has 2 aromatic heterocycles. The third kappa shape index (κ3) is 1.92. The van der Waals surface area contributed by atoms with Crippen molar-refractivity contribution in [2.75, 3.05) is 0 Å². The van der Waals surface area contributed by atoms with Crippen LogP contribution in [0.4, 0.5) is 0 Å². The lowest BCUT2D eigenvalue weighted by molar-refractivity contribution is 0.711. The van der Waals surface area contributed by atoms with Crippen molar-refractivity contribution in [2.45, 2.75) is 0 Å². The molecule has 2 aromatic rings. The van der Waals surface area contributed by atoms with E-state index in [-0.39, 0.29) is 5.56 Å². The molecule has 6 heteroatoms. The van der Waals surface area contributed by atoms with E-state index in [1.54, 1.807) is 7.05 Å². The first-order valence-corrected chi connectivity index (χ1v) is 5.97. The van der Waals surface area contributed by atoms with E-state index in [9.17, 15) is 4.79 Å². The van der Waals surface area contributed by atoms with Gasteiger partial charge in [0.1, 0.15) is 11.8 Å². The number of aromatic nitrogens is 2. The average Bonchev–Trinajstić information content (AvgIpc) is 2.68. The van der Waals surface area contributed by atoms with Gasteiger partial charge in [0.05, 0.1) is 14.2 Å². The number of halogens is 1. The number of nitriles is 1. The van der Waals surface area contributed by atoms with Crippen LogP contribution in [0.2, 0.25) is 0 Å². The molecular weight excluding hydrogens is 290 g/mol. The number of hydrogen-bond donors (Lipinski definition) is 0. The number of aryl methyl sites for hydroxylation is 1. The van der Waals surface area contributed by atoms with Crippen LogP contribution < -0.4 is 5.56 Å². The summed E-state index contributed by atoms with van der Waals surface area (Å²) in [5.74, 6) is 0. The highest BCUT2D eigenvalue weighted by Crippen LogP contribution is 2.31. The fraction of sp³-hybridized carbons (Fsp3) is 0.100. The summed E-state index contributed by atoms with van der Waals surface area (Å²) in [6.45, 7) is 0. The van der Waals surface area contributed by atoms with Crippen molar-refractivity contribution in [1.82, 2.24) is 9.78 Å². The van der Waals surface area contributed by atoms with E-state index in [0.717, 1.165) is 8.66 Å². The molecule has 0 atom stereocenters. The Labute approximate surface area is 104 Å². The molecule has 0 unspecified atom stereocenters. The van der Waals surface area contributed by atoms with Gasteiger partial charge in [0.2, 0.25) is 0 Å². The van der Waals surface area contributed by atoms with Gasteiger partial charge >= 0.3 is 0 Å². The highest BCUT2D eigenvalue weighted by atomic mass is 79.9. The van der Waals surface area contributed by atoms with Crippen molar-refractivity contribution in [2.24, 2.45) is 7.05 Å². The SMILES string of the molecule is Cn1nc(-c2ccc(Br)s2)c(C#N)cc1=O. The molecule has 0 aliphatic heterocycles. The molecule has 0 radical (unpaired) electrons. The van der Waals surface area contributed by atoms with Crippen LogP contribution in [-0.4, -0.2) is 9.78 Å². The summed E-state index contributed by atoms with van der Waals surface area (Å²) in [6.07, 6.45) is 0. The number of nitrogens with zero attached hydrogens (tertiary/aromatic N) is 3. The first kappa shape index (κ1) is 11.0. The lowest BCUT2D eigenvalue weighted by atomic mass is 10.2. The minimum atomic E-state index is -0.282. The van der Waals surface area contributed by atoms with E-state index in [2.05, 4.69) is 21.0 Å². The lowest BCUT2D eigenvalue weighted by Crippen LogP contribution is -2.19. The van der Waals surface area contributed by atoms with Gasteiger partial charge in [-0.3, -0.25) is 4.79 Å². The molecule has 0 aliphatic carbocycles. The van der Waals surface area contributed by atoms with E-state index >= 15 is 0 Å². The molecule has 0 aromatic carbocycles. The van der Waals surface area contributed by atoms with Crippen LogP contribution in [0.25, 0.3) is 10.6 Å². The maximum absolute atomic E-state index is 11.3. The van der Waals surface area contributed by atoms with Crippen molar-refractivity contribution in [1.29, 1.82) is 5.26 Å². The van der Waals surface area contributed by atoms with Gasteiger partial charge in [-0.15, -0.1) is 11.3 Å². The van der Waals surface area contributed by atoms with Crippen LogP contribution >= 0.6 is 27.3 Å². The Hall–Kier alpha value is -1.45. The van der Waals surface area contributed by atoms with Gasteiger partial charge in [-0.05, 0) is 28.1 Å². The molecule has 0 fully saturated rings. The van der Waals surface area contributed by atoms with Crippen molar-refractivity contribution >= 4 is 27.3 Å². The molecule has 2 rings (SSSR count). The summed E-state index contributed by atoms with van der Waals surface area (Å²) in [7, 11) is 1.57. The lowest BCUT2D eigenvalue weighted by Gasteiger charge is -2.01. The van der Waals surface area contributed by atoms with Crippen LogP contribution in [0.15, 0.2) is 26.8 Å². The standard InChI is InChI=1S/C10H6BrN3OS/c1-14-9(15)4-6(5-12)10(13-14)7-2-3-8(11)16-7/h2-4H,1H3. The summed E-state index contributed by atoms with van der Waals surface area (Å²) < 4.78 is 2.19. The zero-order valence-electron chi connectivity index (χ0n) is 8.27. The molecule has 0 aliphatic rings. The Balaban J connectivity index is 2.70. The van der Waals surface area contributed by atoms with E-state index in [4.69, 9.17) is 5.26 Å². The third-order valence-corrected chi connectivity index (χ3v) is 3.65. The molecule has 0 amide bonds. The topological polar surface area (TPSA) is 58.7 Å². The zero-order valence-corrected chi connectivity index (χ0v) is 10.7. The van der Waals surface area contributed by atoms with Gasteiger partial charge in [0.25, 0.3) is 5.56 Å². The smallest absolute Gasteiger partial charge is 0.267 e. The predicted octanol–water partition coefficient (Wildman–Crippen LogP) is 2.14. The Morgan fingerprint density at radius 3 is 2.88 bits per heavy atom. The number of hydrogen-bond acceptors (Lipinski definition) is 4. The van der Waals surface area contributed by atoms with Gasteiger partial charge < -0.3 is 0 Å². The molecule has 2 heterocycles. The molecule has 0 bridgehead atoms. The Bertz CT molecular complexity index is 638. The normalized spacial score (nSPS) is 10.1. The molecular formula is C10H6BrN3OS. The maximum atomic E-state index is 11.3. The molecule has 0 spiro atoms. The molecule has 0 N–H and O–H groups in total. The largest absolute Gasteiger partial charge is 0.268 e. The maximum Gasteiger partial charge on any atom is 0.267 e. The second-order valence-corrected chi connectivity index (χ2v) is 5.55. The molecule has 16 heavy (non-hydrogen) atoms. The Kier molecular flexibility index (Phi) is 2.90. The summed E-state index contributed by atoms with van der Waals surface area (Å²) >= 11 is 4.82. The van der Waals surface area contributed by atoms with Crippen LogP contribution in [-0.2, 0) is 7.05 Å². The van der Waals surface area contributed by atoms with Gasteiger partial charge in [-0.25, -0.2) is 4.68 Å². The minimum absolute atomic E-state index is 0.282. The second kappa shape index (κ2) is 4.20. The average molecular weight is 296 g/mol. The first-order chi connectivity index (χ1) is 7.61. The molecule has 0 saturated carbocycles. The Morgan fingerprint density at radius 2 is 2.31 bits per heavy atom. The monoisotopic (exact) mass is 295 g/mol. The number of rotatable bonds is 1. The van der Waals surface area contributed by atoms with Crippen LogP contribution in [0.5, 0.6) is 0 Å². The first-order valence-electron chi connectivity index (χ1n) is 4.36. The predicted molar refractivity (Wildman–Crippen MR) is 65.2 cm³/mol. The molecule has 0 saturated heterocycles. The third-order valence-electron chi connectivity index (χ3n) is 2.02. The van der Waals surface area contributed by atoms with Crippen molar-refractivity contribution < 1.29 is 0 Å². The van der Waals surface area contributed by atoms with Crippen molar-refractivity contribution in [3.8, 4) is 16.6 Å². The highest BCUT2D eigenvalue weighted by molar-refractivity contribution is 9.11. The summed E-state index contributed by atoms with van der Waals surface area (Å²) in [4.78, 5) is 12.2. The molecule has 4 nitrogen and oxygen atoms in total. The van der Waals surface area contributed by atoms with Gasteiger partial charge in [0.15, 0.2) is 0 Å². The Morgan fingerprint density at radius 1 is 1.56 bits per heavy atom. The summed E-state index contributed by atoms with van der Waals surface area (Å²) in [5.41, 5.74) is 0.564. The van der Waals surface area contributed by atoms with E-state index < -0.39 is 0 Å². The van der Waals surface area contributed by atoms with E-state index in [0.29, 0.717) is 11.3 Å². The van der Waals surface area contributed by atoms with Crippen LogP contribution in [0, 0.1) is 11.3 Å².